The molecule has 1 aromatic rings. The lowest BCUT2D eigenvalue weighted by Gasteiger charge is -2.51. The predicted molar refractivity (Wildman–Crippen MR) is 111 cm³/mol. The van der Waals surface area contributed by atoms with E-state index < -0.39 is 0 Å². The molecule has 154 valence electrons. The van der Waals surface area contributed by atoms with E-state index in [0.29, 0.717) is 12.8 Å². The second-order valence-corrected chi connectivity index (χ2v) is 9.07. The molecule has 2 fully saturated rings. The van der Waals surface area contributed by atoms with Crippen LogP contribution in [-0.4, -0.2) is 59.6 Å². The van der Waals surface area contributed by atoms with Crippen LogP contribution >= 0.6 is 0 Å². The van der Waals surface area contributed by atoms with E-state index in [-0.39, 0.29) is 23.0 Å². The van der Waals surface area contributed by atoms with Crippen molar-refractivity contribution in [2.24, 2.45) is 0 Å². The summed E-state index contributed by atoms with van der Waals surface area (Å²) in [5, 5.41) is 14.9. The number of carbonyl (C=O) groups is 1. The van der Waals surface area contributed by atoms with Gasteiger partial charge >= 0.3 is 0 Å². The molecule has 0 bridgehead atoms. The maximum atomic E-state index is 12.4. The van der Waals surface area contributed by atoms with Crippen LogP contribution in [0.5, 0.6) is 0 Å². The van der Waals surface area contributed by atoms with Gasteiger partial charge in [0, 0.05) is 42.0 Å². The third kappa shape index (κ3) is 4.93. The van der Waals surface area contributed by atoms with Gasteiger partial charge < -0.3 is 20.2 Å². The number of ether oxygens (including phenoxy) is 1. The van der Waals surface area contributed by atoms with E-state index in [2.05, 4.69) is 22.3 Å². The van der Waals surface area contributed by atoms with Crippen LogP contribution in [0, 0.1) is 0 Å². The van der Waals surface area contributed by atoms with E-state index in [0.717, 1.165) is 31.9 Å². The molecule has 0 spiro atoms. The van der Waals surface area contributed by atoms with Gasteiger partial charge in [-0.3, -0.25) is 4.79 Å². The molecule has 1 aromatic carbocycles. The molecule has 3 rings (SSSR count). The van der Waals surface area contributed by atoms with Crippen LogP contribution in [0.1, 0.15) is 46.1 Å². The number of nitrogens with zero attached hydrogens (tertiary/aromatic N) is 2. The number of nitrogens with one attached hydrogen (secondary N) is 1. The number of rotatable bonds is 4. The van der Waals surface area contributed by atoms with Crippen LogP contribution in [-0.2, 0) is 9.53 Å². The number of hydrogen-bond donors (Lipinski definition) is 2. The van der Waals surface area contributed by atoms with Crippen LogP contribution in [0.2, 0.25) is 0 Å². The van der Waals surface area contributed by atoms with Gasteiger partial charge in [0.15, 0.2) is 0 Å². The summed E-state index contributed by atoms with van der Waals surface area (Å²) in [5.41, 5.74) is 1.43. The summed E-state index contributed by atoms with van der Waals surface area (Å²) in [6.45, 7) is 11.4. The van der Waals surface area contributed by atoms with Crippen LogP contribution < -0.4 is 10.2 Å². The molecule has 1 amide bonds. The van der Waals surface area contributed by atoms with Gasteiger partial charge in [-0.2, -0.15) is 5.06 Å². The Bertz CT molecular complexity index is 688. The normalized spacial score (nSPS) is 23.1. The molecule has 2 N–H and O–H groups in total. The standard InChI is InChI=1S/C22H33N3O3/c1-21(2)15-18(16-22(3,4)25(21)27)23-20(26)10-7-17-5-8-19(9-6-17)24-11-13-28-14-12-24/h5-10,18,27H,11-16H2,1-4H3,(H,23,26). The van der Waals surface area contributed by atoms with Crippen molar-refractivity contribution >= 4 is 17.7 Å². The summed E-state index contributed by atoms with van der Waals surface area (Å²) in [5.74, 6) is -0.0970. The van der Waals surface area contributed by atoms with Gasteiger partial charge in [-0.15, -0.1) is 0 Å². The van der Waals surface area contributed by atoms with E-state index >= 15 is 0 Å². The Hall–Kier alpha value is -1.89. The molecular formula is C22H33N3O3. The summed E-state index contributed by atoms with van der Waals surface area (Å²) in [4.78, 5) is 14.7. The Morgan fingerprint density at radius 2 is 1.68 bits per heavy atom. The largest absolute Gasteiger partial charge is 0.378 e. The Balaban J connectivity index is 1.56. The van der Waals surface area contributed by atoms with Crippen LogP contribution in [0.15, 0.2) is 30.3 Å². The highest BCUT2D eigenvalue weighted by atomic mass is 16.5. The molecule has 2 heterocycles. The van der Waals surface area contributed by atoms with E-state index in [1.54, 1.807) is 6.08 Å². The first kappa shape index (κ1) is 20.8. The molecule has 2 aliphatic rings. The highest BCUT2D eigenvalue weighted by Gasteiger charge is 2.45. The van der Waals surface area contributed by atoms with Gasteiger partial charge in [0.25, 0.3) is 0 Å². The molecular weight excluding hydrogens is 354 g/mol. The van der Waals surface area contributed by atoms with Crippen LogP contribution in [0.3, 0.4) is 0 Å². The molecule has 0 saturated carbocycles. The van der Waals surface area contributed by atoms with Crippen LogP contribution in [0.25, 0.3) is 6.08 Å². The Kier molecular flexibility index (Phi) is 6.12. The van der Waals surface area contributed by atoms with Gasteiger partial charge in [0.1, 0.15) is 0 Å². The summed E-state index contributed by atoms with van der Waals surface area (Å²) < 4.78 is 5.39. The molecule has 2 aliphatic heterocycles. The average molecular weight is 388 g/mol. The first-order chi connectivity index (χ1) is 13.2. The summed E-state index contributed by atoms with van der Waals surface area (Å²) in [6.07, 6.45) is 4.85. The van der Waals surface area contributed by atoms with Gasteiger partial charge in [-0.25, -0.2) is 0 Å². The quantitative estimate of drug-likeness (QED) is 0.778. The number of anilines is 1. The first-order valence-electron chi connectivity index (χ1n) is 10.1. The topological polar surface area (TPSA) is 65.0 Å². The minimum Gasteiger partial charge on any atom is -0.378 e. The van der Waals surface area contributed by atoms with Crippen molar-refractivity contribution in [1.29, 1.82) is 0 Å². The summed E-state index contributed by atoms with van der Waals surface area (Å²) in [7, 11) is 0. The maximum absolute atomic E-state index is 12.4. The SMILES string of the molecule is CC1(C)CC(NC(=O)C=Cc2ccc(N3CCOCC3)cc2)CC(C)(C)N1O. The minimum absolute atomic E-state index is 0.0363. The van der Waals surface area contributed by atoms with Gasteiger partial charge in [-0.05, 0) is 64.3 Å². The van der Waals surface area contributed by atoms with E-state index in [4.69, 9.17) is 4.74 Å². The van der Waals surface area contributed by atoms with Gasteiger partial charge in [0.05, 0.1) is 13.2 Å². The Labute approximate surface area is 168 Å². The lowest BCUT2D eigenvalue weighted by Crippen LogP contribution is -2.62. The second kappa shape index (κ2) is 8.23. The number of carbonyl (C=O) groups excluding carboxylic acids is 1. The second-order valence-electron chi connectivity index (χ2n) is 9.07. The number of morpholine rings is 1. The number of amides is 1. The fourth-order valence-corrected chi connectivity index (χ4v) is 4.41. The van der Waals surface area contributed by atoms with Crippen molar-refractivity contribution in [3.63, 3.8) is 0 Å². The Morgan fingerprint density at radius 1 is 1.11 bits per heavy atom. The van der Waals surface area contributed by atoms with Crippen LogP contribution in [0.4, 0.5) is 5.69 Å². The monoisotopic (exact) mass is 387 g/mol. The number of piperidine rings is 1. The fraction of sp³-hybridized carbons (Fsp3) is 0.591. The zero-order valence-electron chi connectivity index (χ0n) is 17.4. The molecule has 6 heteroatoms. The molecule has 0 aliphatic carbocycles. The molecule has 2 saturated heterocycles. The van der Waals surface area contributed by atoms with Gasteiger partial charge in [-0.1, -0.05) is 12.1 Å². The lowest BCUT2D eigenvalue weighted by atomic mass is 9.79. The zero-order chi connectivity index (χ0) is 20.4. The summed E-state index contributed by atoms with van der Waals surface area (Å²) >= 11 is 0. The minimum atomic E-state index is -0.376. The number of hydrogen-bond acceptors (Lipinski definition) is 5. The predicted octanol–water partition coefficient (Wildman–Crippen LogP) is 3.06. The van der Waals surface area contributed by atoms with Crippen molar-refractivity contribution in [3.05, 3.63) is 35.9 Å². The van der Waals surface area contributed by atoms with Crippen molar-refractivity contribution in [3.8, 4) is 0 Å². The van der Waals surface area contributed by atoms with Crippen molar-refractivity contribution in [2.45, 2.75) is 57.7 Å². The smallest absolute Gasteiger partial charge is 0.244 e. The van der Waals surface area contributed by atoms with Crippen molar-refractivity contribution < 1.29 is 14.7 Å². The lowest BCUT2D eigenvalue weighted by molar-refractivity contribution is -0.245. The highest BCUT2D eigenvalue weighted by Crippen LogP contribution is 2.36. The molecule has 0 radical (unpaired) electrons. The van der Waals surface area contributed by atoms with Crippen molar-refractivity contribution in [1.82, 2.24) is 10.4 Å². The number of hydroxylamine groups is 2. The zero-order valence-corrected chi connectivity index (χ0v) is 17.4. The van der Waals surface area contributed by atoms with Gasteiger partial charge in [0.2, 0.25) is 5.91 Å². The third-order valence-corrected chi connectivity index (χ3v) is 5.68. The van der Waals surface area contributed by atoms with E-state index in [9.17, 15) is 10.0 Å². The average Bonchev–Trinajstić information content (AvgIpc) is 2.65. The molecule has 0 atom stereocenters. The molecule has 28 heavy (non-hydrogen) atoms. The molecule has 0 aromatic heterocycles. The maximum Gasteiger partial charge on any atom is 0.244 e. The first-order valence-corrected chi connectivity index (χ1v) is 10.1. The van der Waals surface area contributed by atoms with E-state index in [1.807, 2.05) is 45.9 Å². The number of benzene rings is 1. The third-order valence-electron chi connectivity index (χ3n) is 5.68. The Morgan fingerprint density at radius 3 is 2.25 bits per heavy atom. The van der Waals surface area contributed by atoms with Crippen molar-refractivity contribution in [2.75, 3.05) is 31.2 Å². The fourth-order valence-electron chi connectivity index (χ4n) is 4.41. The molecule has 6 nitrogen and oxygen atoms in total. The molecule has 0 unspecified atom stereocenters. The summed E-state index contributed by atoms with van der Waals surface area (Å²) in [6, 6.07) is 8.28. The highest BCUT2D eigenvalue weighted by molar-refractivity contribution is 5.92. The van der Waals surface area contributed by atoms with E-state index in [1.165, 1.54) is 10.8 Å².